The van der Waals surface area contributed by atoms with E-state index in [1.807, 2.05) is 0 Å². The van der Waals surface area contributed by atoms with Crippen molar-refractivity contribution in [1.29, 1.82) is 0 Å². The third-order valence-corrected chi connectivity index (χ3v) is 6.08. The first-order chi connectivity index (χ1) is 9.72. The Balaban J connectivity index is 1.48. The van der Waals surface area contributed by atoms with Gasteiger partial charge in [0.15, 0.2) is 5.79 Å². The van der Waals surface area contributed by atoms with Crippen LogP contribution in [0.4, 0.5) is 0 Å². The molecule has 2 saturated carbocycles. The Hall–Kier alpha value is -0.120. The second kappa shape index (κ2) is 6.33. The average Bonchev–Trinajstić information content (AvgIpc) is 2.96. The number of nitrogens with zero attached hydrogens (tertiary/aromatic N) is 1. The third-order valence-electron chi connectivity index (χ3n) is 6.08. The third kappa shape index (κ3) is 3.05. The molecule has 1 spiro atoms. The molecule has 1 heterocycles. The first-order valence-corrected chi connectivity index (χ1v) is 8.72. The van der Waals surface area contributed by atoms with Crippen molar-refractivity contribution in [3.8, 4) is 0 Å². The van der Waals surface area contributed by atoms with Gasteiger partial charge in [-0.3, -0.25) is 0 Å². The van der Waals surface area contributed by atoms with Gasteiger partial charge in [-0.2, -0.15) is 0 Å². The van der Waals surface area contributed by atoms with E-state index in [-0.39, 0.29) is 5.79 Å². The molecule has 0 N–H and O–H groups in total. The van der Waals surface area contributed by atoms with Crippen LogP contribution in [0.25, 0.3) is 0 Å². The maximum Gasteiger partial charge on any atom is 0.168 e. The largest absolute Gasteiger partial charge is 0.348 e. The van der Waals surface area contributed by atoms with E-state index < -0.39 is 0 Å². The summed E-state index contributed by atoms with van der Waals surface area (Å²) in [6.07, 6.45) is 11.7. The quantitative estimate of drug-likeness (QED) is 0.789. The molecule has 3 heteroatoms. The van der Waals surface area contributed by atoms with Gasteiger partial charge in [-0.1, -0.05) is 13.3 Å². The van der Waals surface area contributed by atoms with Gasteiger partial charge >= 0.3 is 0 Å². The molecule has 3 rings (SSSR count). The maximum absolute atomic E-state index is 5.84. The summed E-state index contributed by atoms with van der Waals surface area (Å²) in [5.41, 5.74) is 0. The Morgan fingerprint density at radius 2 is 1.45 bits per heavy atom. The fraction of sp³-hybridized carbons (Fsp3) is 1.00. The lowest BCUT2D eigenvalue weighted by molar-refractivity contribution is -0.184. The molecule has 3 fully saturated rings. The summed E-state index contributed by atoms with van der Waals surface area (Å²) in [6.45, 7) is 3.93. The molecule has 0 aromatic carbocycles. The molecule has 0 atom stereocenters. The highest BCUT2D eigenvalue weighted by Gasteiger charge is 2.41. The van der Waals surface area contributed by atoms with Gasteiger partial charge in [0.2, 0.25) is 0 Å². The summed E-state index contributed by atoms with van der Waals surface area (Å²) in [7, 11) is 2.36. The van der Waals surface area contributed by atoms with Gasteiger partial charge < -0.3 is 14.4 Å². The number of ether oxygens (including phenoxy) is 2. The predicted octanol–water partition coefficient (Wildman–Crippen LogP) is 3.57. The average molecular weight is 281 g/mol. The van der Waals surface area contributed by atoms with Gasteiger partial charge in [-0.05, 0) is 51.5 Å². The van der Waals surface area contributed by atoms with Crippen LogP contribution in [0.2, 0.25) is 0 Å². The van der Waals surface area contributed by atoms with E-state index in [0.717, 1.165) is 44.1 Å². The van der Waals surface area contributed by atoms with Gasteiger partial charge in [-0.25, -0.2) is 0 Å². The van der Waals surface area contributed by atoms with Crippen LogP contribution in [-0.4, -0.2) is 43.0 Å². The number of rotatable bonds is 3. The molecule has 3 aliphatic rings. The molecule has 116 valence electrons. The van der Waals surface area contributed by atoms with Crippen molar-refractivity contribution in [3.05, 3.63) is 0 Å². The van der Waals surface area contributed by atoms with Crippen molar-refractivity contribution in [2.24, 2.45) is 5.92 Å². The zero-order valence-electron chi connectivity index (χ0n) is 13.3. The second-order valence-corrected chi connectivity index (χ2v) is 7.09. The number of hydrogen-bond donors (Lipinski definition) is 0. The standard InChI is InChI=1S/C17H31NO2/c1-3-14-4-6-15(7-5-14)18(2)16-8-10-17(11-9-16)19-12-13-20-17/h14-16H,3-13H2,1-2H3. The van der Waals surface area contributed by atoms with Crippen molar-refractivity contribution >= 4 is 0 Å². The van der Waals surface area contributed by atoms with E-state index >= 15 is 0 Å². The van der Waals surface area contributed by atoms with Crippen LogP contribution in [-0.2, 0) is 9.47 Å². The lowest BCUT2D eigenvalue weighted by Gasteiger charge is -2.43. The van der Waals surface area contributed by atoms with E-state index in [4.69, 9.17) is 9.47 Å². The molecule has 0 bridgehead atoms. The minimum atomic E-state index is -0.197. The lowest BCUT2D eigenvalue weighted by atomic mass is 9.82. The highest BCUT2D eigenvalue weighted by molar-refractivity contribution is 4.89. The molecule has 0 unspecified atom stereocenters. The van der Waals surface area contributed by atoms with Gasteiger partial charge in [0, 0.05) is 24.9 Å². The molecule has 2 aliphatic carbocycles. The molecule has 20 heavy (non-hydrogen) atoms. The van der Waals surface area contributed by atoms with Crippen molar-refractivity contribution in [3.63, 3.8) is 0 Å². The van der Waals surface area contributed by atoms with Gasteiger partial charge in [0.05, 0.1) is 13.2 Å². The van der Waals surface area contributed by atoms with Crippen molar-refractivity contribution in [2.75, 3.05) is 20.3 Å². The Bertz CT molecular complexity index is 296. The zero-order chi connectivity index (χ0) is 14.0. The van der Waals surface area contributed by atoms with E-state index in [0.29, 0.717) is 0 Å². The molecule has 1 saturated heterocycles. The SMILES string of the molecule is CCC1CCC(N(C)C2CCC3(CC2)OCCO3)CC1. The normalized spacial score (nSPS) is 35.0. The topological polar surface area (TPSA) is 21.7 Å². The molecule has 0 radical (unpaired) electrons. The van der Waals surface area contributed by atoms with Crippen LogP contribution < -0.4 is 0 Å². The first-order valence-electron chi connectivity index (χ1n) is 8.72. The Morgan fingerprint density at radius 1 is 0.900 bits per heavy atom. The summed E-state index contributed by atoms with van der Waals surface area (Å²) in [6, 6.07) is 1.57. The summed E-state index contributed by atoms with van der Waals surface area (Å²) in [4.78, 5) is 2.69. The van der Waals surface area contributed by atoms with Gasteiger partial charge in [0.25, 0.3) is 0 Å². The first kappa shape index (κ1) is 14.8. The van der Waals surface area contributed by atoms with Crippen molar-refractivity contribution < 1.29 is 9.47 Å². The predicted molar refractivity (Wildman–Crippen MR) is 80.7 cm³/mol. The Labute approximate surface area is 124 Å². The molecule has 0 aromatic heterocycles. The van der Waals surface area contributed by atoms with Crippen molar-refractivity contribution in [1.82, 2.24) is 4.90 Å². The lowest BCUT2D eigenvalue weighted by Crippen LogP contribution is -2.47. The highest BCUT2D eigenvalue weighted by Crippen LogP contribution is 2.39. The Kier molecular flexibility index (Phi) is 4.68. The monoisotopic (exact) mass is 281 g/mol. The highest BCUT2D eigenvalue weighted by atomic mass is 16.7. The fourth-order valence-corrected chi connectivity index (χ4v) is 4.49. The van der Waals surface area contributed by atoms with E-state index in [2.05, 4.69) is 18.9 Å². The molecule has 0 amide bonds. The van der Waals surface area contributed by atoms with Crippen LogP contribution in [0.15, 0.2) is 0 Å². The van der Waals surface area contributed by atoms with E-state index in [1.54, 1.807) is 0 Å². The van der Waals surface area contributed by atoms with Crippen LogP contribution >= 0.6 is 0 Å². The summed E-state index contributed by atoms with van der Waals surface area (Å²) in [5, 5.41) is 0. The maximum atomic E-state index is 5.84. The van der Waals surface area contributed by atoms with E-state index in [1.165, 1.54) is 44.9 Å². The van der Waals surface area contributed by atoms with Gasteiger partial charge in [-0.15, -0.1) is 0 Å². The smallest absolute Gasteiger partial charge is 0.168 e. The van der Waals surface area contributed by atoms with Crippen LogP contribution in [0.3, 0.4) is 0 Å². The van der Waals surface area contributed by atoms with Crippen LogP contribution in [0.5, 0.6) is 0 Å². The minimum Gasteiger partial charge on any atom is -0.348 e. The molecule has 1 aliphatic heterocycles. The van der Waals surface area contributed by atoms with Crippen molar-refractivity contribution in [2.45, 2.75) is 82.6 Å². The fourth-order valence-electron chi connectivity index (χ4n) is 4.49. The Morgan fingerprint density at radius 3 is 2.00 bits per heavy atom. The molecule has 3 nitrogen and oxygen atoms in total. The van der Waals surface area contributed by atoms with Crippen LogP contribution in [0, 0.1) is 5.92 Å². The zero-order valence-corrected chi connectivity index (χ0v) is 13.3. The van der Waals surface area contributed by atoms with E-state index in [9.17, 15) is 0 Å². The summed E-state index contributed by atoms with van der Waals surface area (Å²) in [5.74, 6) is 0.798. The number of hydrogen-bond acceptors (Lipinski definition) is 3. The second-order valence-electron chi connectivity index (χ2n) is 7.09. The van der Waals surface area contributed by atoms with Crippen LogP contribution in [0.1, 0.15) is 64.7 Å². The summed E-state index contributed by atoms with van der Waals surface area (Å²) < 4.78 is 11.7. The molecular weight excluding hydrogens is 250 g/mol. The minimum absolute atomic E-state index is 0.197. The summed E-state index contributed by atoms with van der Waals surface area (Å²) >= 11 is 0. The van der Waals surface area contributed by atoms with Gasteiger partial charge in [0.1, 0.15) is 0 Å². The molecular formula is C17H31NO2. The molecule has 0 aromatic rings.